The quantitative estimate of drug-likeness (QED) is 0.452. The van der Waals surface area contributed by atoms with E-state index < -0.39 is 6.10 Å². The fraction of sp³-hybridized carbons (Fsp3) is 0.500. The van der Waals surface area contributed by atoms with Gasteiger partial charge in [-0.05, 0) is 44.4 Å². The van der Waals surface area contributed by atoms with Gasteiger partial charge in [-0.25, -0.2) is 9.37 Å². The van der Waals surface area contributed by atoms with E-state index in [9.17, 15) is 9.50 Å². The predicted octanol–water partition coefficient (Wildman–Crippen LogP) is 3.39. The Labute approximate surface area is 209 Å². The number of methoxy groups -OCH3 is 1. The van der Waals surface area contributed by atoms with Gasteiger partial charge in [0.1, 0.15) is 5.82 Å². The summed E-state index contributed by atoms with van der Waals surface area (Å²) in [6.45, 7) is 3.92. The van der Waals surface area contributed by atoms with Gasteiger partial charge in [0.05, 0.1) is 30.4 Å². The van der Waals surface area contributed by atoms with E-state index in [2.05, 4.69) is 31.6 Å². The maximum Gasteiger partial charge on any atom is 0.213 e. The van der Waals surface area contributed by atoms with Gasteiger partial charge >= 0.3 is 0 Å². The Morgan fingerprint density at radius 3 is 3.06 bits per heavy atom. The van der Waals surface area contributed by atoms with E-state index in [4.69, 9.17) is 4.74 Å². The number of hydrogen-bond acceptors (Lipinski definition) is 8. The van der Waals surface area contributed by atoms with Crippen LogP contribution in [0.4, 0.5) is 10.1 Å². The van der Waals surface area contributed by atoms with Crippen molar-refractivity contribution in [3.63, 3.8) is 0 Å². The normalized spacial score (nSPS) is 20.4. The number of aliphatic hydroxyl groups excluding tert-OH is 1. The maximum absolute atomic E-state index is 14.6. The predicted molar refractivity (Wildman–Crippen MR) is 136 cm³/mol. The number of rotatable bonds is 7. The molecule has 2 atom stereocenters. The van der Waals surface area contributed by atoms with Crippen LogP contribution in [0.1, 0.15) is 28.2 Å². The zero-order chi connectivity index (χ0) is 22.8. The van der Waals surface area contributed by atoms with E-state index in [1.807, 2.05) is 11.3 Å². The molecule has 7 nitrogen and oxygen atoms in total. The molecule has 34 heavy (non-hydrogen) atoms. The summed E-state index contributed by atoms with van der Waals surface area (Å²) >= 11 is 1.86. The number of aryl methyl sites for hydroxylation is 1. The minimum Gasteiger partial charge on any atom is -0.481 e. The van der Waals surface area contributed by atoms with E-state index in [0.29, 0.717) is 42.0 Å². The van der Waals surface area contributed by atoms with Crippen LogP contribution in [0.5, 0.6) is 5.88 Å². The van der Waals surface area contributed by atoms with Crippen molar-refractivity contribution in [2.75, 3.05) is 38.6 Å². The van der Waals surface area contributed by atoms with E-state index in [1.54, 1.807) is 19.2 Å². The first-order valence-electron chi connectivity index (χ1n) is 11.6. The van der Waals surface area contributed by atoms with Crippen LogP contribution in [0.15, 0.2) is 24.4 Å². The number of piperidine rings is 1. The largest absolute Gasteiger partial charge is 0.481 e. The molecule has 3 aromatic heterocycles. The van der Waals surface area contributed by atoms with Crippen LogP contribution in [0, 0.1) is 5.82 Å². The summed E-state index contributed by atoms with van der Waals surface area (Å²) < 4.78 is 19.8. The van der Waals surface area contributed by atoms with Crippen molar-refractivity contribution >= 4 is 40.5 Å². The highest BCUT2D eigenvalue weighted by Gasteiger charge is 2.28. The molecule has 5 rings (SSSR count). The van der Waals surface area contributed by atoms with Crippen LogP contribution in [0.3, 0.4) is 0 Å². The summed E-state index contributed by atoms with van der Waals surface area (Å²) in [7, 11) is 1.55. The third-order valence-electron chi connectivity index (χ3n) is 6.59. The molecule has 0 aliphatic carbocycles. The number of nitrogens with one attached hydrogen (secondary N) is 2. The lowest BCUT2D eigenvalue weighted by Gasteiger charge is -2.36. The van der Waals surface area contributed by atoms with Gasteiger partial charge in [-0.2, -0.15) is 0 Å². The minimum atomic E-state index is -0.455. The van der Waals surface area contributed by atoms with Gasteiger partial charge in [-0.15, -0.1) is 23.7 Å². The van der Waals surface area contributed by atoms with Gasteiger partial charge in [0.15, 0.2) is 0 Å². The number of thiophene rings is 1. The minimum absolute atomic E-state index is 0. The molecule has 184 valence electrons. The summed E-state index contributed by atoms with van der Waals surface area (Å²) in [6, 6.07) is 5.83. The maximum atomic E-state index is 14.6. The Hall–Kier alpha value is -2.04. The first kappa shape index (κ1) is 25.1. The molecule has 3 aromatic rings. The van der Waals surface area contributed by atoms with Crippen molar-refractivity contribution < 1.29 is 14.2 Å². The standard InChI is InChI=1S/C24H30FN5O2S.ClH/c1-32-23-5-4-19-24(29-23)16(17(25)13-28-19)6-9-30-10-7-18(21(31)14-30)27-12-15-11-20-22(33-15)3-2-8-26-20;/h4-5,11,13,18,21,26-27,31H,2-3,6-10,12,14H2,1H3;1H/t18-,21+;/m0./s1. The molecule has 0 unspecified atom stereocenters. The van der Waals surface area contributed by atoms with Gasteiger partial charge in [0, 0.05) is 59.3 Å². The Morgan fingerprint density at radius 2 is 2.26 bits per heavy atom. The van der Waals surface area contributed by atoms with Crippen molar-refractivity contribution in [2.45, 2.75) is 44.4 Å². The lowest BCUT2D eigenvalue weighted by atomic mass is 10.0. The van der Waals surface area contributed by atoms with Crippen molar-refractivity contribution in [1.82, 2.24) is 20.2 Å². The van der Waals surface area contributed by atoms with E-state index >= 15 is 0 Å². The van der Waals surface area contributed by atoms with Crippen LogP contribution in [-0.4, -0.2) is 65.4 Å². The summed E-state index contributed by atoms with van der Waals surface area (Å²) in [5.74, 6) is 0.0920. The van der Waals surface area contributed by atoms with Gasteiger partial charge in [0.25, 0.3) is 0 Å². The number of aliphatic hydroxyl groups is 1. The average molecular weight is 508 g/mol. The molecule has 0 saturated carbocycles. The van der Waals surface area contributed by atoms with Crippen LogP contribution in [0.25, 0.3) is 11.0 Å². The van der Waals surface area contributed by atoms with Crippen LogP contribution in [-0.2, 0) is 19.4 Å². The fourth-order valence-corrected chi connectivity index (χ4v) is 5.88. The molecule has 0 spiro atoms. The Balaban J connectivity index is 0.00000274. The highest BCUT2D eigenvalue weighted by molar-refractivity contribution is 7.12. The van der Waals surface area contributed by atoms with Gasteiger partial charge in [-0.3, -0.25) is 4.98 Å². The molecular formula is C24H31ClFN5O2S. The SMILES string of the molecule is COc1ccc2ncc(F)c(CCN3CC[C@H](NCc4cc5c(s4)CCCN5)[C@H](O)C3)c2n1.Cl. The van der Waals surface area contributed by atoms with Gasteiger partial charge in [-0.1, -0.05) is 0 Å². The summed E-state index contributed by atoms with van der Waals surface area (Å²) in [4.78, 5) is 13.5. The second-order valence-electron chi connectivity index (χ2n) is 8.78. The molecule has 0 radical (unpaired) electrons. The van der Waals surface area contributed by atoms with Crippen molar-refractivity contribution in [3.05, 3.63) is 45.5 Å². The Bertz CT molecular complexity index is 1110. The zero-order valence-electron chi connectivity index (χ0n) is 19.2. The zero-order valence-corrected chi connectivity index (χ0v) is 20.9. The smallest absolute Gasteiger partial charge is 0.213 e. The van der Waals surface area contributed by atoms with Crippen LogP contribution < -0.4 is 15.4 Å². The van der Waals surface area contributed by atoms with E-state index in [-0.39, 0.29) is 24.3 Å². The lowest BCUT2D eigenvalue weighted by Crippen LogP contribution is -2.52. The average Bonchev–Trinajstić information content (AvgIpc) is 3.25. The Morgan fingerprint density at radius 1 is 1.38 bits per heavy atom. The summed E-state index contributed by atoms with van der Waals surface area (Å²) in [5.41, 5.74) is 3.02. The number of pyridine rings is 2. The van der Waals surface area contributed by atoms with Gasteiger partial charge < -0.3 is 25.4 Å². The van der Waals surface area contributed by atoms with Crippen molar-refractivity contribution in [3.8, 4) is 5.88 Å². The summed E-state index contributed by atoms with van der Waals surface area (Å²) in [5, 5.41) is 17.8. The number of aromatic nitrogens is 2. The second kappa shape index (κ2) is 11.1. The van der Waals surface area contributed by atoms with E-state index in [1.165, 1.54) is 28.1 Å². The molecule has 0 aromatic carbocycles. The third-order valence-corrected chi connectivity index (χ3v) is 7.78. The molecule has 0 amide bonds. The highest BCUT2D eigenvalue weighted by Crippen LogP contribution is 2.31. The molecule has 1 fully saturated rings. The molecule has 2 aliphatic heterocycles. The summed E-state index contributed by atoms with van der Waals surface area (Å²) in [6.07, 6.45) is 4.52. The first-order valence-corrected chi connectivity index (χ1v) is 12.4. The fourth-order valence-electron chi connectivity index (χ4n) is 4.75. The second-order valence-corrected chi connectivity index (χ2v) is 10.0. The van der Waals surface area contributed by atoms with Crippen molar-refractivity contribution in [1.29, 1.82) is 0 Å². The number of halogens is 2. The number of hydrogen-bond donors (Lipinski definition) is 3. The number of anilines is 1. The topological polar surface area (TPSA) is 82.5 Å². The van der Waals surface area contributed by atoms with Crippen molar-refractivity contribution in [2.24, 2.45) is 0 Å². The third kappa shape index (κ3) is 5.44. The number of β-amino-alcohol motifs (C(OH)–C–C–N with tert-alkyl or cyclic N) is 1. The molecule has 2 aliphatic rings. The number of nitrogens with zero attached hydrogens (tertiary/aromatic N) is 3. The number of likely N-dealkylation sites (tertiary alicyclic amines) is 1. The lowest BCUT2D eigenvalue weighted by molar-refractivity contribution is 0.0405. The monoisotopic (exact) mass is 507 g/mol. The molecule has 5 heterocycles. The molecule has 0 bridgehead atoms. The number of ether oxygens (including phenoxy) is 1. The molecule has 10 heteroatoms. The Kier molecular flexibility index (Phi) is 8.21. The molecule has 1 saturated heterocycles. The molecule has 3 N–H and O–H groups in total. The first-order chi connectivity index (χ1) is 16.1. The van der Waals surface area contributed by atoms with Gasteiger partial charge in [0.2, 0.25) is 5.88 Å². The van der Waals surface area contributed by atoms with Crippen LogP contribution in [0.2, 0.25) is 0 Å². The number of fused-ring (bicyclic) bond motifs is 2. The van der Waals surface area contributed by atoms with E-state index in [0.717, 1.165) is 32.5 Å². The highest BCUT2D eigenvalue weighted by atomic mass is 35.5. The molecular weight excluding hydrogens is 477 g/mol. The van der Waals surface area contributed by atoms with Crippen LogP contribution >= 0.6 is 23.7 Å².